The van der Waals surface area contributed by atoms with Crippen LogP contribution in [0.3, 0.4) is 0 Å². The molecule has 3 N–H and O–H groups in total. The van der Waals surface area contributed by atoms with E-state index in [1.54, 1.807) is 0 Å². The monoisotopic (exact) mass is 464 g/mol. The molecule has 0 radical (unpaired) electrons. The van der Waals surface area contributed by atoms with Crippen molar-refractivity contribution in [1.82, 2.24) is 0 Å². The quantitative estimate of drug-likeness (QED) is 0.134. The highest BCUT2D eigenvalue weighted by atomic mass is 16.5. The van der Waals surface area contributed by atoms with E-state index in [9.17, 15) is 20.1 Å². The van der Waals surface area contributed by atoms with Gasteiger partial charge in [0.05, 0.1) is 6.61 Å². The normalized spacial score (nSPS) is 11.1. The molecule has 1 rings (SSSR count). The van der Waals surface area contributed by atoms with Gasteiger partial charge in [-0.25, -0.2) is 4.79 Å². The molecule has 0 aliphatic rings. The Morgan fingerprint density at radius 2 is 1.09 bits per heavy atom. The second-order valence-electron chi connectivity index (χ2n) is 9.25. The number of rotatable bonds is 20. The molecule has 0 saturated carbocycles. The maximum Gasteiger partial charge on any atom is 0.343 e. The summed E-state index contributed by atoms with van der Waals surface area (Å²) < 4.78 is 6.01. The second kappa shape index (κ2) is 17.6. The molecule has 0 spiro atoms. The number of carboxylic acid groups (broad SMARTS) is 1. The summed E-state index contributed by atoms with van der Waals surface area (Å²) in [5.41, 5.74) is 1.16. The van der Waals surface area contributed by atoms with Crippen molar-refractivity contribution in [2.45, 2.75) is 130 Å². The number of ether oxygens (including phenoxy) is 1. The number of carbonyl (C=O) groups is 1. The van der Waals surface area contributed by atoms with E-state index in [0.29, 0.717) is 25.0 Å². The predicted molar refractivity (Wildman–Crippen MR) is 136 cm³/mol. The van der Waals surface area contributed by atoms with Gasteiger partial charge in [-0.15, -0.1) is 0 Å². The highest BCUT2D eigenvalue weighted by Gasteiger charge is 2.28. The molecule has 0 aliphatic carbocycles. The topological polar surface area (TPSA) is 87.0 Å². The van der Waals surface area contributed by atoms with Gasteiger partial charge in [-0.3, -0.25) is 0 Å². The Labute approximate surface area is 201 Å². The van der Waals surface area contributed by atoms with Crippen molar-refractivity contribution in [1.29, 1.82) is 0 Å². The molecule has 190 valence electrons. The number of hydrogen-bond donors (Lipinski definition) is 3. The van der Waals surface area contributed by atoms with E-state index in [0.717, 1.165) is 63.4 Å². The molecule has 0 aromatic heterocycles. The van der Waals surface area contributed by atoms with Crippen molar-refractivity contribution in [2.75, 3.05) is 6.61 Å². The van der Waals surface area contributed by atoms with Crippen LogP contribution >= 0.6 is 0 Å². The third-order valence-electron chi connectivity index (χ3n) is 6.38. The number of phenols is 2. The minimum Gasteiger partial charge on any atom is -0.504 e. The van der Waals surface area contributed by atoms with Gasteiger partial charge in [-0.05, 0) is 32.1 Å². The van der Waals surface area contributed by atoms with E-state index in [2.05, 4.69) is 20.8 Å². The maximum absolute atomic E-state index is 12.0. The Morgan fingerprint density at radius 3 is 1.61 bits per heavy atom. The largest absolute Gasteiger partial charge is 0.504 e. The average molecular weight is 465 g/mol. The Morgan fingerprint density at radius 1 is 0.636 bits per heavy atom. The molecule has 0 fully saturated rings. The molecule has 0 bridgehead atoms. The lowest BCUT2D eigenvalue weighted by atomic mass is 9.91. The summed E-state index contributed by atoms with van der Waals surface area (Å²) >= 11 is 0. The van der Waals surface area contributed by atoms with Crippen LogP contribution in [0.25, 0.3) is 0 Å². The van der Waals surface area contributed by atoms with E-state index >= 15 is 0 Å². The summed E-state index contributed by atoms with van der Waals surface area (Å²) in [4.78, 5) is 12.0. The summed E-state index contributed by atoms with van der Waals surface area (Å²) in [6, 6.07) is 0. The predicted octanol–water partition coefficient (Wildman–Crippen LogP) is 8.17. The van der Waals surface area contributed by atoms with Crippen LogP contribution in [-0.4, -0.2) is 27.9 Å². The van der Waals surface area contributed by atoms with Gasteiger partial charge in [0, 0.05) is 11.1 Å². The van der Waals surface area contributed by atoms with Gasteiger partial charge in [0.2, 0.25) is 0 Å². The Bertz CT molecular complexity index is 684. The molecule has 0 saturated heterocycles. The Kier molecular flexibility index (Phi) is 15.5. The minimum atomic E-state index is -1.26. The summed E-state index contributed by atoms with van der Waals surface area (Å²) in [7, 11) is 0. The van der Waals surface area contributed by atoms with Gasteiger partial charge < -0.3 is 20.1 Å². The third kappa shape index (κ3) is 10.3. The molecule has 5 heteroatoms. The standard InChI is InChI=1S/C28H48O5/c1-4-7-10-12-14-16-19-22-23(20-17-15-13-11-8-5-2)27(33-21-18-9-6-3)24(28(31)32)26(30)25(22)29/h29-30H,4-21H2,1-3H3,(H,31,32). The minimum absolute atomic E-state index is 0.267. The Balaban J connectivity index is 3.14. The summed E-state index contributed by atoms with van der Waals surface area (Å²) in [6.45, 7) is 6.92. The molecule has 0 amide bonds. The highest BCUT2D eigenvalue weighted by molar-refractivity contribution is 5.96. The van der Waals surface area contributed by atoms with E-state index in [4.69, 9.17) is 4.74 Å². The van der Waals surface area contributed by atoms with Crippen LogP contribution in [0.15, 0.2) is 0 Å². The smallest absolute Gasteiger partial charge is 0.343 e. The lowest BCUT2D eigenvalue weighted by Gasteiger charge is -2.21. The third-order valence-corrected chi connectivity index (χ3v) is 6.38. The average Bonchev–Trinajstić information content (AvgIpc) is 2.79. The highest BCUT2D eigenvalue weighted by Crippen LogP contribution is 2.44. The van der Waals surface area contributed by atoms with Crippen LogP contribution in [0.1, 0.15) is 139 Å². The SMILES string of the molecule is CCCCCCCCc1c(O)c(O)c(C(=O)O)c(OCCCCC)c1CCCCCCCC. The first-order valence-corrected chi connectivity index (χ1v) is 13.4. The number of hydrogen-bond acceptors (Lipinski definition) is 4. The number of aromatic carboxylic acids is 1. The molecule has 0 heterocycles. The van der Waals surface area contributed by atoms with Gasteiger partial charge in [0.25, 0.3) is 0 Å². The molecule has 0 unspecified atom stereocenters. The number of phenolic OH excluding ortho intramolecular Hbond substituents is 1. The first-order chi connectivity index (χ1) is 16.0. The molecule has 0 aliphatic heterocycles. The zero-order valence-electron chi connectivity index (χ0n) is 21.4. The number of aromatic hydroxyl groups is 2. The van der Waals surface area contributed by atoms with Crippen molar-refractivity contribution >= 4 is 5.97 Å². The fourth-order valence-corrected chi connectivity index (χ4v) is 4.38. The van der Waals surface area contributed by atoms with Crippen LogP contribution < -0.4 is 4.74 Å². The van der Waals surface area contributed by atoms with Crippen LogP contribution in [0.2, 0.25) is 0 Å². The number of carboxylic acids is 1. The van der Waals surface area contributed by atoms with Gasteiger partial charge in [0.1, 0.15) is 11.3 Å². The molecule has 1 aromatic carbocycles. The van der Waals surface area contributed by atoms with Crippen molar-refractivity contribution in [3.8, 4) is 17.2 Å². The summed E-state index contributed by atoms with van der Waals surface area (Å²) in [5, 5.41) is 31.2. The van der Waals surface area contributed by atoms with Crippen molar-refractivity contribution in [2.24, 2.45) is 0 Å². The number of benzene rings is 1. The van der Waals surface area contributed by atoms with E-state index < -0.39 is 11.7 Å². The zero-order chi connectivity index (χ0) is 24.5. The second-order valence-corrected chi connectivity index (χ2v) is 9.25. The molecule has 33 heavy (non-hydrogen) atoms. The molecule has 0 atom stereocenters. The maximum atomic E-state index is 12.0. The molecular formula is C28H48O5. The number of unbranched alkanes of at least 4 members (excludes halogenated alkanes) is 12. The fraction of sp³-hybridized carbons (Fsp3) is 0.750. The van der Waals surface area contributed by atoms with Crippen LogP contribution in [0, 0.1) is 0 Å². The molecule has 5 nitrogen and oxygen atoms in total. The first-order valence-electron chi connectivity index (χ1n) is 13.4. The van der Waals surface area contributed by atoms with Crippen molar-refractivity contribution < 1.29 is 24.9 Å². The van der Waals surface area contributed by atoms with E-state index in [1.807, 2.05) is 0 Å². The van der Waals surface area contributed by atoms with E-state index in [1.165, 1.54) is 38.5 Å². The fourth-order valence-electron chi connectivity index (χ4n) is 4.38. The van der Waals surface area contributed by atoms with Gasteiger partial charge in [-0.1, -0.05) is 97.8 Å². The lowest BCUT2D eigenvalue weighted by Crippen LogP contribution is -2.11. The summed E-state index contributed by atoms with van der Waals surface area (Å²) in [6.07, 6.45) is 17.7. The van der Waals surface area contributed by atoms with Gasteiger partial charge in [-0.2, -0.15) is 0 Å². The molecule has 1 aromatic rings. The van der Waals surface area contributed by atoms with Crippen molar-refractivity contribution in [3.63, 3.8) is 0 Å². The van der Waals surface area contributed by atoms with Gasteiger partial charge >= 0.3 is 5.97 Å². The zero-order valence-corrected chi connectivity index (χ0v) is 21.4. The first kappa shape index (κ1) is 29.1. The van der Waals surface area contributed by atoms with Gasteiger partial charge in [0.15, 0.2) is 11.5 Å². The lowest BCUT2D eigenvalue weighted by molar-refractivity contribution is 0.0687. The Hall–Kier alpha value is -1.91. The van der Waals surface area contributed by atoms with Crippen molar-refractivity contribution in [3.05, 3.63) is 16.7 Å². The van der Waals surface area contributed by atoms with E-state index in [-0.39, 0.29) is 17.1 Å². The molecular weight excluding hydrogens is 416 g/mol. The van der Waals surface area contributed by atoms with Crippen LogP contribution in [0.5, 0.6) is 17.2 Å². The van der Waals surface area contributed by atoms with Crippen LogP contribution in [0.4, 0.5) is 0 Å². The summed E-state index contributed by atoms with van der Waals surface area (Å²) in [5.74, 6) is -1.82. The van der Waals surface area contributed by atoms with Crippen LogP contribution in [-0.2, 0) is 12.8 Å².